The smallest absolute Gasteiger partial charge is 0.410 e. The molecule has 158 valence electrons. The van der Waals surface area contributed by atoms with E-state index in [0.717, 1.165) is 12.8 Å². The zero-order valence-electron chi connectivity index (χ0n) is 16.8. The van der Waals surface area contributed by atoms with E-state index in [-0.39, 0.29) is 41.9 Å². The summed E-state index contributed by atoms with van der Waals surface area (Å²) < 4.78 is 18.9. The summed E-state index contributed by atoms with van der Waals surface area (Å²) in [7, 11) is 1.65. The zero-order valence-corrected chi connectivity index (χ0v) is 19.1. The first-order valence-electron chi connectivity index (χ1n) is 9.10. The van der Waals surface area contributed by atoms with Crippen LogP contribution in [0.1, 0.15) is 39.2 Å². The zero-order chi connectivity index (χ0) is 20.0. The number of likely N-dealkylation sites (tertiary alicyclic amines) is 1. The van der Waals surface area contributed by atoms with E-state index in [4.69, 9.17) is 4.74 Å². The number of aromatic hydroxyl groups is 1. The first-order valence-corrected chi connectivity index (χ1v) is 9.10. The van der Waals surface area contributed by atoms with Gasteiger partial charge >= 0.3 is 6.09 Å². The third-order valence-corrected chi connectivity index (χ3v) is 4.11. The molecule has 3 N–H and O–H groups in total. The lowest BCUT2D eigenvalue weighted by Gasteiger charge is -2.35. The lowest BCUT2D eigenvalue weighted by Crippen LogP contribution is -2.53. The number of phenolic OH excluding ortho intramolecular Hbond substituents is 1. The average molecular weight is 508 g/mol. The van der Waals surface area contributed by atoms with Crippen molar-refractivity contribution < 1.29 is 19.0 Å². The molecule has 1 saturated heterocycles. The van der Waals surface area contributed by atoms with E-state index < -0.39 is 11.4 Å². The average Bonchev–Trinajstić information content (AvgIpc) is 2.60. The van der Waals surface area contributed by atoms with Crippen molar-refractivity contribution in [3.63, 3.8) is 0 Å². The van der Waals surface area contributed by atoms with E-state index in [1.54, 1.807) is 18.0 Å². The van der Waals surface area contributed by atoms with Crippen LogP contribution in [-0.2, 0) is 11.3 Å². The Bertz CT molecular complexity index is 694. The highest BCUT2D eigenvalue weighted by Gasteiger charge is 2.28. The number of halogens is 2. The lowest BCUT2D eigenvalue weighted by atomic mass is 10.1. The highest BCUT2D eigenvalue weighted by molar-refractivity contribution is 14.0. The predicted molar refractivity (Wildman–Crippen MR) is 118 cm³/mol. The van der Waals surface area contributed by atoms with Gasteiger partial charge in [-0.1, -0.05) is 6.07 Å². The highest BCUT2D eigenvalue weighted by Crippen LogP contribution is 2.17. The highest BCUT2D eigenvalue weighted by atomic mass is 127. The molecule has 0 spiro atoms. The number of ether oxygens (including phenoxy) is 1. The molecule has 0 bridgehead atoms. The molecular weight excluding hydrogens is 478 g/mol. The Kier molecular flexibility index (Phi) is 9.25. The van der Waals surface area contributed by atoms with Crippen LogP contribution in [0, 0.1) is 5.82 Å². The maximum Gasteiger partial charge on any atom is 0.410 e. The fraction of sp³-hybridized carbons (Fsp3) is 0.579. The molecular formula is C19H30FIN4O3. The Morgan fingerprint density at radius 1 is 1.43 bits per heavy atom. The second kappa shape index (κ2) is 10.7. The van der Waals surface area contributed by atoms with E-state index in [1.807, 2.05) is 20.8 Å². The number of nitrogens with zero attached hydrogens (tertiary/aromatic N) is 2. The molecule has 7 nitrogen and oxygen atoms in total. The SMILES string of the molecule is CN=C(NCc1ccc(O)c(F)c1)NC1CCCN(C(=O)OC(C)(C)C)C1.I. The van der Waals surface area contributed by atoms with Gasteiger partial charge in [-0.15, -0.1) is 24.0 Å². The van der Waals surface area contributed by atoms with E-state index in [0.29, 0.717) is 31.2 Å². The minimum absolute atomic E-state index is 0. The number of phenols is 1. The molecule has 0 aromatic heterocycles. The van der Waals surface area contributed by atoms with E-state index >= 15 is 0 Å². The normalized spacial score (nSPS) is 17.5. The van der Waals surface area contributed by atoms with Crippen LogP contribution in [0.15, 0.2) is 23.2 Å². The third kappa shape index (κ3) is 7.69. The molecule has 1 aromatic rings. The maximum atomic E-state index is 13.4. The van der Waals surface area contributed by atoms with Crippen LogP contribution in [0.4, 0.5) is 9.18 Å². The van der Waals surface area contributed by atoms with E-state index in [2.05, 4.69) is 15.6 Å². The number of carbonyl (C=O) groups excluding carboxylic acids is 1. The molecule has 1 heterocycles. The molecule has 0 radical (unpaired) electrons. The molecule has 28 heavy (non-hydrogen) atoms. The predicted octanol–water partition coefficient (Wildman–Crippen LogP) is 3.21. The Labute approximate surface area is 182 Å². The number of guanidine groups is 1. The topological polar surface area (TPSA) is 86.2 Å². The fourth-order valence-electron chi connectivity index (χ4n) is 2.82. The summed E-state index contributed by atoms with van der Waals surface area (Å²) in [5.74, 6) is -0.456. The largest absolute Gasteiger partial charge is 0.505 e. The first-order chi connectivity index (χ1) is 12.7. The van der Waals surface area contributed by atoms with Crippen LogP contribution in [0.2, 0.25) is 0 Å². The van der Waals surface area contributed by atoms with Gasteiger partial charge in [0.05, 0.1) is 0 Å². The van der Waals surface area contributed by atoms with Gasteiger partial charge in [0, 0.05) is 32.7 Å². The number of nitrogens with one attached hydrogen (secondary N) is 2. The number of hydrogen-bond acceptors (Lipinski definition) is 4. The fourth-order valence-corrected chi connectivity index (χ4v) is 2.82. The summed E-state index contributed by atoms with van der Waals surface area (Å²) in [5, 5.41) is 15.7. The molecule has 0 aliphatic carbocycles. The van der Waals surface area contributed by atoms with Gasteiger partial charge in [-0.3, -0.25) is 4.99 Å². The first kappa shape index (κ1) is 24.3. The Morgan fingerprint density at radius 2 is 2.14 bits per heavy atom. The number of carbonyl (C=O) groups is 1. The molecule has 1 aromatic carbocycles. The molecule has 1 unspecified atom stereocenters. The van der Waals surface area contributed by atoms with Crippen molar-refractivity contribution in [1.82, 2.24) is 15.5 Å². The van der Waals surface area contributed by atoms with Gasteiger partial charge in [0.25, 0.3) is 0 Å². The number of amides is 1. The Balaban J connectivity index is 0.00000392. The van der Waals surface area contributed by atoms with Gasteiger partial charge in [-0.2, -0.15) is 0 Å². The second-order valence-electron chi connectivity index (χ2n) is 7.62. The minimum atomic E-state index is -0.655. The molecule has 0 saturated carbocycles. The van der Waals surface area contributed by atoms with Crippen molar-refractivity contribution in [2.24, 2.45) is 4.99 Å². The summed E-state index contributed by atoms with van der Waals surface area (Å²) in [4.78, 5) is 18.1. The quantitative estimate of drug-likeness (QED) is 0.332. The van der Waals surface area contributed by atoms with Gasteiger partial charge in [-0.25, -0.2) is 9.18 Å². The van der Waals surface area contributed by atoms with Crippen molar-refractivity contribution in [1.29, 1.82) is 0 Å². The monoisotopic (exact) mass is 508 g/mol. The number of benzene rings is 1. The standard InChI is InChI=1S/C19H29FN4O3.HI/c1-19(2,3)27-18(26)24-9-5-6-14(12-24)23-17(21-4)22-11-13-7-8-16(25)15(20)10-13;/h7-8,10,14,25H,5-6,9,11-12H2,1-4H3,(H2,21,22,23);1H. The third-order valence-electron chi connectivity index (χ3n) is 4.11. The van der Waals surface area contributed by atoms with Crippen LogP contribution in [0.25, 0.3) is 0 Å². The van der Waals surface area contributed by atoms with Crippen molar-refractivity contribution in [2.75, 3.05) is 20.1 Å². The van der Waals surface area contributed by atoms with Crippen molar-refractivity contribution >= 4 is 36.0 Å². The summed E-state index contributed by atoms with van der Waals surface area (Å²) in [6.07, 6.45) is 1.47. The summed E-state index contributed by atoms with van der Waals surface area (Å²) in [6.45, 7) is 7.11. The van der Waals surface area contributed by atoms with Gasteiger partial charge < -0.3 is 25.4 Å². The molecule has 9 heteroatoms. The molecule has 1 amide bonds. The summed E-state index contributed by atoms with van der Waals surface area (Å²) >= 11 is 0. The van der Waals surface area contributed by atoms with E-state index in [1.165, 1.54) is 12.1 Å². The summed E-state index contributed by atoms with van der Waals surface area (Å²) in [6, 6.07) is 4.29. The molecule has 1 fully saturated rings. The minimum Gasteiger partial charge on any atom is -0.505 e. The van der Waals surface area contributed by atoms with Gasteiger partial charge in [0.2, 0.25) is 0 Å². The van der Waals surface area contributed by atoms with Crippen molar-refractivity contribution in [3.05, 3.63) is 29.6 Å². The van der Waals surface area contributed by atoms with Gasteiger partial charge in [-0.05, 0) is 51.3 Å². The van der Waals surface area contributed by atoms with E-state index in [9.17, 15) is 14.3 Å². The van der Waals surface area contributed by atoms with Crippen molar-refractivity contribution in [3.8, 4) is 5.75 Å². The number of aliphatic imine (C=N–C) groups is 1. The molecule has 2 rings (SSSR count). The Hall–Kier alpha value is -1.78. The van der Waals surface area contributed by atoms with Crippen LogP contribution in [0.3, 0.4) is 0 Å². The maximum absolute atomic E-state index is 13.4. The Morgan fingerprint density at radius 3 is 2.75 bits per heavy atom. The van der Waals surface area contributed by atoms with Gasteiger partial charge in [0.1, 0.15) is 5.60 Å². The second-order valence-corrected chi connectivity index (χ2v) is 7.62. The van der Waals surface area contributed by atoms with Crippen LogP contribution in [-0.4, -0.2) is 53.8 Å². The number of hydrogen-bond donors (Lipinski definition) is 3. The van der Waals surface area contributed by atoms with Gasteiger partial charge in [0.15, 0.2) is 17.5 Å². The summed E-state index contributed by atoms with van der Waals surface area (Å²) in [5.41, 5.74) is 0.168. The lowest BCUT2D eigenvalue weighted by molar-refractivity contribution is 0.0193. The van der Waals surface area contributed by atoms with Crippen LogP contribution in [0.5, 0.6) is 5.75 Å². The number of rotatable bonds is 3. The van der Waals surface area contributed by atoms with Crippen LogP contribution >= 0.6 is 24.0 Å². The molecule has 1 aliphatic rings. The van der Waals surface area contributed by atoms with Crippen LogP contribution < -0.4 is 10.6 Å². The molecule has 1 atom stereocenters. The number of piperidine rings is 1. The van der Waals surface area contributed by atoms with Crippen molar-refractivity contribution in [2.45, 2.75) is 51.8 Å². The molecule has 1 aliphatic heterocycles.